The lowest BCUT2D eigenvalue weighted by atomic mass is 10.2. The minimum Gasteiger partial charge on any atom is -0.341 e. The van der Waals surface area contributed by atoms with Crippen LogP contribution in [0.3, 0.4) is 0 Å². The zero-order valence-corrected chi connectivity index (χ0v) is 19.1. The lowest BCUT2D eigenvalue weighted by Gasteiger charge is -2.22. The number of aryl methyl sites for hydroxylation is 1. The van der Waals surface area contributed by atoms with Crippen LogP contribution in [0.2, 0.25) is 0 Å². The van der Waals surface area contributed by atoms with E-state index in [0.29, 0.717) is 18.8 Å². The van der Waals surface area contributed by atoms with Crippen molar-refractivity contribution in [2.75, 3.05) is 19.6 Å². The van der Waals surface area contributed by atoms with Crippen LogP contribution in [-0.4, -0.2) is 51.1 Å². The third-order valence-electron chi connectivity index (χ3n) is 5.95. The van der Waals surface area contributed by atoms with Crippen molar-refractivity contribution in [3.05, 3.63) is 58.0 Å². The van der Waals surface area contributed by atoms with Gasteiger partial charge in [-0.2, -0.15) is 0 Å². The van der Waals surface area contributed by atoms with E-state index in [1.54, 1.807) is 17.0 Å². The summed E-state index contributed by atoms with van der Waals surface area (Å²) in [6, 6.07) is 8.20. The van der Waals surface area contributed by atoms with Gasteiger partial charge in [0.25, 0.3) is 11.1 Å². The van der Waals surface area contributed by atoms with E-state index in [0.717, 1.165) is 59.3 Å². The summed E-state index contributed by atoms with van der Waals surface area (Å²) in [6.07, 6.45) is 5.78. The molecular formula is C24H26FN3O3S. The van der Waals surface area contributed by atoms with E-state index >= 15 is 0 Å². The highest BCUT2D eigenvalue weighted by molar-refractivity contribution is 8.18. The van der Waals surface area contributed by atoms with Crippen molar-refractivity contribution < 1.29 is 18.8 Å². The number of rotatable bonds is 4. The number of aromatic nitrogens is 1. The molecule has 6 nitrogen and oxygen atoms in total. The van der Waals surface area contributed by atoms with E-state index < -0.39 is 11.1 Å². The normalized spacial score (nSPS) is 18.5. The van der Waals surface area contributed by atoms with E-state index in [1.807, 2.05) is 30.5 Å². The van der Waals surface area contributed by atoms with Crippen LogP contribution in [0.5, 0.6) is 0 Å². The molecule has 8 heteroatoms. The summed E-state index contributed by atoms with van der Waals surface area (Å²) in [5.74, 6) is -0.954. The molecule has 3 amide bonds. The average molecular weight is 456 g/mol. The molecule has 32 heavy (non-hydrogen) atoms. The molecule has 168 valence electrons. The second kappa shape index (κ2) is 9.32. The Labute approximate surface area is 191 Å². The second-order valence-electron chi connectivity index (χ2n) is 8.20. The number of thioether (sulfide) groups is 1. The Morgan fingerprint density at radius 3 is 2.50 bits per heavy atom. The average Bonchev–Trinajstić information content (AvgIpc) is 3.04. The predicted molar refractivity (Wildman–Crippen MR) is 123 cm³/mol. The highest BCUT2D eigenvalue weighted by Gasteiger charge is 2.37. The number of carbonyl (C=O) groups is 3. The zero-order valence-electron chi connectivity index (χ0n) is 18.3. The molecule has 0 atom stereocenters. The van der Waals surface area contributed by atoms with Crippen molar-refractivity contribution in [3.8, 4) is 5.69 Å². The van der Waals surface area contributed by atoms with Gasteiger partial charge in [-0.25, -0.2) is 4.39 Å². The van der Waals surface area contributed by atoms with E-state index in [-0.39, 0.29) is 23.2 Å². The van der Waals surface area contributed by atoms with Gasteiger partial charge in [0.15, 0.2) is 0 Å². The van der Waals surface area contributed by atoms with E-state index in [2.05, 4.69) is 0 Å². The number of imide groups is 1. The maximum atomic E-state index is 13.7. The number of likely N-dealkylation sites (tertiary alicyclic amines) is 1. The maximum Gasteiger partial charge on any atom is 0.294 e. The number of amides is 3. The first-order chi connectivity index (χ1) is 15.3. The van der Waals surface area contributed by atoms with Crippen LogP contribution >= 0.6 is 11.8 Å². The lowest BCUT2D eigenvalue weighted by Crippen LogP contribution is -2.42. The molecule has 4 rings (SSSR count). The first kappa shape index (κ1) is 22.3. The number of hydrogen-bond donors (Lipinski definition) is 0. The van der Waals surface area contributed by atoms with E-state index in [9.17, 15) is 18.8 Å². The lowest BCUT2D eigenvalue weighted by molar-refractivity contribution is -0.135. The van der Waals surface area contributed by atoms with Crippen LogP contribution in [0.4, 0.5) is 9.18 Å². The zero-order chi connectivity index (χ0) is 22.8. The van der Waals surface area contributed by atoms with Gasteiger partial charge in [0, 0.05) is 30.2 Å². The molecule has 0 radical (unpaired) electrons. The van der Waals surface area contributed by atoms with Gasteiger partial charge in [-0.3, -0.25) is 19.3 Å². The van der Waals surface area contributed by atoms with Crippen molar-refractivity contribution in [2.24, 2.45) is 0 Å². The largest absolute Gasteiger partial charge is 0.341 e. The van der Waals surface area contributed by atoms with E-state index in [4.69, 9.17) is 0 Å². The van der Waals surface area contributed by atoms with E-state index in [1.165, 1.54) is 12.1 Å². The fourth-order valence-electron chi connectivity index (χ4n) is 4.28. The molecule has 0 N–H and O–H groups in total. The Kier molecular flexibility index (Phi) is 6.50. The van der Waals surface area contributed by atoms with Crippen LogP contribution in [0.1, 0.15) is 42.6 Å². The topological polar surface area (TPSA) is 62.6 Å². The highest BCUT2D eigenvalue weighted by atomic mass is 32.2. The predicted octanol–water partition coefficient (Wildman–Crippen LogP) is 4.67. The van der Waals surface area contributed by atoms with Crippen molar-refractivity contribution in [3.63, 3.8) is 0 Å². The molecule has 2 aliphatic rings. The molecule has 2 aliphatic heterocycles. The Bertz CT molecular complexity index is 1100. The van der Waals surface area contributed by atoms with Gasteiger partial charge in [0.2, 0.25) is 5.91 Å². The molecule has 0 spiro atoms. The summed E-state index contributed by atoms with van der Waals surface area (Å²) < 4.78 is 15.6. The smallest absolute Gasteiger partial charge is 0.294 e. The number of carbonyl (C=O) groups excluding carboxylic acids is 3. The maximum absolute atomic E-state index is 13.7. The van der Waals surface area contributed by atoms with Crippen molar-refractivity contribution in [1.82, 2.24) is 14.4 Å². The van der Waals surface area contributed by atoms with Crippen LogP contribution < -0.4 is 0 Å². The van der Waals surface area contributed by atoms with Crippen LogP contribution in [0, 0.1) is 19.7 Å². The molecule has 1 aromatic heterocycles. The summed E-state index contributed by atoms with van der Waals surface area (Å²) in [5.41, 5.74) is 3.18. The minimum absolute atomic E-state index is 0.181. The monoisotopic (exact) mass is 455 g/mol. The fourth-order valence-corrected chi connectivity index (χ4v) is 5.11. The fraction of sp³-hybridized carbons (Fsp3) is 0.375. The van der Waals surface area contributed by atoms with Gasteiger partial charge in [0.05, 0.1) is 4.91 Å². The van der Waals surface area contributed by atoms with Crippen molar-refractivity contribution >= 4 is 34.9 Å². The molecule has 0 aliphatic carbocycles. The number of halogens is 1. The number of benzene rings is 1. The van der Waals surface area contributed by atoms with Crippen molar-refractivity contribution in [1.29, 1.82) is 0 Å². The Hall–Kier alpha value is -2.87. The molecule has 2 aromatic rings. The first-order valence-electron chi connectivity index (χ1n) is 10.8. The van der Waals surface area contributed by atoms with Gasteiger partial charge >= 0.3 is 0 Å². The second-order valence-corrected chi connectivity index (χ2v) is 9.20. The minimum atomic E-state index is -0.446. The van der Waals surface area contributed by atoms with Gasteiger partial charge in [-0.15, -0.1) is 0 Å². The number of hydrogen-bond acceptors (Lipinski definition) is 4. The van der Waals surface area contributed by atoms with Crippen LogP contribution in [-0.2, 0) is 9.59 Å². The van der Waals surface area contributed by atoms with Gasteiger partial charge in [0.1, 0.15) is 12.4 Å². The van der Waals surface area contributed by atoms with Crippen LogP contribution in [0.25, 0.3) is 11.8 Å². The van der Waals surface area contributed by atoms with Crippen LogP contribution in [0.15, 0.2) is 35.2 Å². The molecule has 2 saturated heterocycles. The number of nitrogens with zero attached hydrogens (tertiary/aromatic N) is 3. The quantitative estimate of drug-likeness (QED) is 0.629. The summed E-state index contributed by atoms with van der Waals surface area (Å²) in [6.45, 7) is 4.93. The molecule has 0 saturated carbocycles. The first-order valence-corrected chi connectivity index (χ1v) is 11.6. The van der Waals surface area contributed by atoms with Crippen molar-refractivity contribution in [2.45, 2.75) is 39.5 Å². The third-order valence-corrected chi connectivity index (χ3v) is 6.86. The summed E-state index contributed by atoms with van der Waals surface area (Å²) in [4.78, 5) is 41.2. The Balaban J connectivity index is 1.54. The summed E-state index contributed by atoms with van der Waals surface area (Å²) >= 11 is 0.850. The molecule has 0 bridgehead atoms. The Morgan fingerprint density at radius 2 is 1.81 bits per heavy atom. The third kappa shape index (κ3) is 4.50. The summed E-state index contributed by atoms with van der Waals surface area (Å²) in [7, 11) is 0. The van der Waals surface area contributed by atoms with Gasteiger partial charge in [-0.05, 0) is 74.4 Å². The molecule has 0 unspecified atom stereocenters. The molecule has 1 aromatic carbocycles. The molecule has 3 heterocycles. The van der Waals surface area contributed by atoms with Gasteiger partial charge in [-0.1, -0.05) is 18.9 Å². The molecular weight excluding hydrogens is 429 g/mol. The Morgan fingerprint density at radius 1 is 1.09 bits per heavy atom. The highest BCUT2D eigenvalue weighted by Crippen LogP contribution is 2.34. The van der Waals surface area contributed by atoms with Gasteiger partial charge < -0.3 is 9.47 Å². The standard InChI is InChI=1S/C24H26FN3O3S/c1-16-12-18(17(2)28(16)20-9-7-8-19(25)14-20)13-21-23(30)27(24(31)32-21)15-22(29)26-10-5-3-4-6-11-26/h7-9,12-14H,3-6,10-11,15H2,1-2H3. The molecule has 2 fully saturated rings. The summed E-state index contributed by atoms with van der Waals surface area (Å²) in [5, 5.41) is -0.427. The SMILES string of the molecule is Cc1cc(C=C2SC(=O)N(CC(=O)N3CCCCCC3)C2=O)c(C)n1-c1cccc(F)c1.